The SMILES string of the molecule is CCCC(CCC(=O)O)CCn1sc2ccccc2c1=O. The van der Waals surface area contributed by atoms with E-state index in [0.717, 1.165) is 29.3 Å². The number of benzene rings is 1. The summed E-state index contributed by atoms with van der Waals surface area (Å²) in [5.74, 6) is -0.363. The molecule has 0 aliphatic heterocycles. The first-order valence-corrected chi connectivity index (χ1v) is 8.19. The van der Waals surface area contributed by atoms with E-state index in [0.29, 0.717) is 18.9 Å². The van der Waals surface area contributed by atoms with Crippen LogP contribution in [0.1, 0.15) is 39.0 Å². The van der Waals surface area contributed by atoms with E-state index < -0.39 is 5.97 Å². The van der Waals surface area contributed by atoms with E-state index in [4.69, 9.17) is 5.11 Å². The smallest absolute Gasteiger partial charge is 0.303 e. The number of nitrogens with zero attached hydrogens (tertiary/aromatic N) is 1. The van der Waals surface area contributed by atoms with Gasteiger partial charge < -0.3 is 5.11 Å². The number of carbonyl (C=O) groups is 1. The summed E-state index contributed by atoms with van der Waals surface area (Å²) in [7, 11) is 0. The zero-order valence-corrected chi connectivity index (χ0v) is 13.1. The molecule has 2 rings (SSSR count). The summed E-state index contributed by atoms with van der Waals surface area (Å²) in [6.45, 7) is 2.79. The van der Waals surface area contributed by atoms with Crippen LogP contribution in [0.25, 0.3) is 10.1 Å². The lowest BCUT2D eigenvalue weighted by atomic mass is 9.94. The van der Waals surface area contributed by atoms with Crippen molar-refractivity contribution in [3.63, 3.8) is 0 Å². The molecule has 0 aliphatic rings. The quantitative estimate of drug-likeness (QED) is 0.808. The van der Waals surface area contributed by atoms with Crippen LogP contribution >= 0.6 is 11.5 Å². The third kappa shape index (κ3) is 4.17. The second-order valence-electron chi connectivity index (χ2n) is 5.37. The van der Waals surface area contributed by atoms with Gasteiger partial charge in [0.15, 0.2) is 0 Å². The fraction of sp³-hybridized carbons (Fsp3) is 0.500. The van der Waals surface area contributed by atoms with E-state index in [1.165, 1.54) is 11.5 Å². The predicted molar refractivity (Wildman–Crippen MR) is 86.0 cm³/mol. The Labute approximate surface area is 128 Å². The minimum atomic E-state index is -0.741. The predicted octanol–water partition coefficient (Wildman–Crippen LogP) is 3.73. The number of carboxylic acids is 1. The number of aromatic nitrogens is 1. The van der Waals surface area contributed by atoms with Gasteiger partial charge in [0.1, 0.15) is 0 Å². The zero-order valence-electron chi connectivity index (χ0n) is 12.2. The summed E-state index contributed by atoms with van der Waals surface area (Å²) >= 11 is 1.50. The van der Waals surface area contributed by atoms with E-state index in [9.17, 15) is 9.59 Å². The van der Waals surface area contributed by atoms with E-state index >= 15 is 0 Å². The summed E-state index contributed by atoms with van der Waals surface area (Å²) in [5, 5.41) is 9.58. The van der Waals surface area contributed by atoms with Gasteiger partial charge in [0.25, 0.3) is 5.56 Å². The number of aliphatic carboxylic acids is 1. The van der Waals surface area contributed by atoms with Gasteiger partial charge in [0.2, 0.25) is 0 Å². The van der Waals surface area contributed by atoms with Crippen molar-refractivity contribution in [1.82, 2.24) is 3.96 Å². The van der Waals surface area contributed by atoms with Crippen molar-refractivity contribution in [3.05, 3.63) is 34.6 Å². The van der Waals surface area contributed by atoms with Crippen molar-refractivity contribution in [3.8, 4) is 0 Å². The van der Waals surface area contributed by atoms with Crippen molar-refractivity contribution in [1.29, 1.82) is 0 Å². The fourth-order valence-corrected chi connectivity index (χ4v) is 3.64. The molecule has 0 bridgehead atoms. The molecule has 21 heavy (non-hydrogen) atoms. The maximum atomic E-state index is 12.2. The third-order valence-electron chi connectivity index (χ3n) is 3.76. The summed E-state index contributed by atoms with van der Waals surface area (Å²) in [4.78, 5) is 22.9. The van der Waals surface area contributed by atoms with Gasteiger partial charge in [-0.05, 0) is 30.9 Å². The van der Waals surface area contributed by atoms with Crippen molar-refractivity contribution in [2.75, 3.05) is 0 Å². The number of aryl methyl sites for hydroxylation is 1. The van der Waals surface area contributed by atoms with Crippen molar-refractivity contribution in [2.24, 2.45) is 5.92 Å². The highest BCUT2D eigenvalue weighted by Crippen LogP contribution is 2.21. The molecular weight excluding hydrogens is 286 g/mol. The molecule has 0 aliphatic carbocycles. The van der Waals surface area contributed by atoms with Crippen LogP contribution < -0.4 is 5.56 Å². The van der Waals surface area contributed by atoms with Crippen LogP contribution in [-0.4, -0.2) is 15.0 Å². The summed E-state index contributed by atoms with van der Waals surface area (Å²) < 4.78 is 2.81. The first-order chi connectivity index (χ1) is 10.1. The highest BCUT2D eigenvalue weighted by atomic mass is 32.1. The van der Waals surface area contributed by atoms with Crippen molar-refractivity contribution in [2.45, 2.75) is 45.6 Å². The molecule has 0 fully saturated rings. The Balaban J connectivity index is 2.03. The fourth-order valence-electron chi connectivity index (χ4n) is 2.63. The van der Waals surface area contributed by atoms with Crippen LogP contribution in [0.5, 0.6) is 0 Å². The van der Waals surface area contributed by atoms with Crippen LogP contribution in [0, 0.1) is 5.92 Å². The summed E-state index contributed by atoms with van der Waals surface area (Å²) in [5.41, 5.74) is 0.0732. The van der Waals surface area contributed by atoms with Crippen molar-refractivity contribution < 1.29 is 9.90 Å². The second-order valence-corrected chi connectivity index (χ2v) is 6.43. The maximum Gasteiger partial charge on any atom is 0.303 e. The highest BCUT2D eigenvalue weighted by molar-refractivity contribution is 7.13. The molecule has 1 aromatic heterocycles. The molecule has 0 amide bonds. The molecule has 1 atom stereocenters. The maximum absolute atomic E-state index is 12.2. The number of fused-ring (bicyclic) bond motifs is 1. The Morgan fingerprint density at radius 3 is 2.71 bits per heavy atom. The summed E-state index contributed by atoms with van der Waals surface area (Å²) in [6.07, 6.45) is 3.85. The molecule has 2 aromatic rings. The van der Waals surface area contributed by atoms with Crippen LogP contribution in [-0.2, 0) is 11.3 Å². The van der Waals surface area contributed by atoms with E-state index in [1.54, 1.807) is 3.96 Å². The molecule has 0 saturated carbocycles. The average molecular weight is 307 g/mol. The summed E-state index contributed by atoms with van der Waals surface area (Å²) in [6, 6.07) is 7.65. The van der Waals surface area contributed by atoms with Gasteiger partial charge in [0.05, 0.1) is 10.1 Å². The number of carboxylic acid groups (broad SMARTS) is 1. The molecule has 114 valence electrons. The molecular formula is C16H21NO3S. The van der Waals surface area contributed by atoms with Crippen molar-refractivity contribution >= 4 is 27.6 Å². The van der Waals surface area contributed by atoms with Gasteiger partial charge >= 0.3 is 5.97 Å². The number of hydrogen-bond acceptors (Lipinski definition) is 3. The topological polar surface area (TPSA) is 59.3 Å². The molecule has 1 heterocycles. The van der Waals surface area contributed by atoms with Gasteiger partial charge in [-0.3, -0.25) is 13.5 Å². The van der Waals surface area contributed by atoms with Gasteiger partial charge in [0, 0.05) is 13.0 Å². The standard InChI is InChI=1S/C16H21NO3S/c1-2-5-12(8-9-15(18)19)10-11-17-16(20)13-6-3-4-7-14(13)21-17/h3-4,6-7,12H,2,5,8-11H2,1H3,(H,18,19). The Morgan fingerprint density at radius 1 is 1.29 bits per heavy atom. The van der Waals surface area contributed by atoms with Gasteiger partial charge in [-0.15, -0.1) is 0 Å². The molecule has 4 nitrogen and oxygen atoms in total. The molecule has 0 radical (unpaired) electrons. The number of hydrogen-bond donors (Lipinski definition) is 1. The molecule has 0 saturated heterocycles. The Hall–Kier alpha value is -1.62. The molecule has 0 spiro atoms. The number of rotatable bonds is 8. The van der Waals surface area contributed by atoms with Crippen LogP contribution in [0.15, 0.2) is 29.1 Å². The second kappa shape index (κ2) is 7.41. The minimum absolute atomic E-state index is 0.0732. The average Bonchev–Trinajstić information content (AvgIpc) is 2.79. The van der Waals surface area contributed by atoms with Crippen LogP contribution in [0.4, 0.5) is 0 Å². The Kier molecular flexibility index (Phi) is 5.56. The monoisotopic (exact) mass is 307 g/mol. The third-order valence-corrected chi connectivity index (χ3v) is 4.88. The normalized spacial score (nSPS) is 12.6. The Bertz CT molecular complexity index is 659. The highest BCUT2D eigenvalue weighted by Gasteiger charge is 2.12. The van der Waals surface area contributed by atoms with E-state index in [2.05, 4.69) is 6.92 Å². The first-order valence-electron chi connectivity index (χ1n) is 7.42. The van der Waals surface area contributed by atoms with E-state index in [1.807, 2.05) is 24.3 Å². The van der Waals surface area contributed by atoms with Crippen LogP contribution in [0.3, 0.4) is 0 Å². The molecule has 1 aromatic carbocycles. The molecule has 1 N–H and O–H groups in total. The van der Waals surface area contributed by atoms with E-state index in [-0.39, 0.29) is 12.0 Å². The first kappa shape index (κ1) is 15.8. The largest absolute Gasteiger partial charge is 0.481 e. The molecule has 1 unspecified atom stereocenters. The van der Waals surface area contributed by atoms with Gasteiger partial charge in [-0.2, -0.15) is 0 Å². The lowest BCUT2D eigenvalue weighted by Crippen LogP contribution is -2.16. The lowest BCUT2D eigenvalue weighted by molar-refractivity contribution is -0.137. The van der Waals surface area contributed by atoms with Gasteiger partial charge in [-0.25, -0.2) is 0 Å². The molecule has 5 heteroatoms. The zero-order chi connectivity index (χ0) is 15.2. The minimum Gasteiger partial charge on any atom is -0.481 e. The van der Waals surface area contributed by atoms with Crippen LogP contribution in [0.2, 0.25) is 0 Å². The van der Waals surface area contributed by atoms with Gasteiger partial charge in [-0.1, -0.05) is 43.4 Å². The Morgan fingerprint density at radius 2 is 2.05 bits per heavy atom. The lowest BCUT2D eigenvalue weighted by Gasteiger charge is -2.14.